The molecule has 1 aliphatic rings. The van der Waals surface area contributed by atoms with Crippen LogP contribution in [0.25, 0.3) is 6.08 Å². The van der Waals surface area contributed by atoms with Crippen molar-refractivity contribution in [1.29, 1.82) is 0 Å². The van der Waals surface area contributed by atoms with E-state index in [-0.39, 0.29) is 28.7 Å². The number of imide groups is 1. The number of methoxy groups -OCH3 is 1. The van der Waals surface area contributed by atoms with Crippen LogP contribution in [-0.2, 0) is 11.3 Å². The fourth-order valence-corrected chi connectivity index (χ4v) is 4.59. The van der Waals surface area contributed by atoms with Crippen LogP contribution in [0.3, 0.4) is 0 Å². The molecule has 13 heteroatoms. The standard InChI is InChI=1S/C24H16IN3O8S/c1-35-20-8-4-15(10-21(20)36-19-9-7-17(27(31)32)12-18(19)28(33)34)11-22-23(29)26(24(30)37-22)13-14-2-5-16(25)6-3-14/h2-12H,13H2,1H3/b22-11-. The summed E-state index contributed by atoms with van der Waals surface area (Å²) in [5.41, 5.74) is 0.230. The van der Waals surface area contributed by atoms with Gasteiger partial charge in [0, 0.05) is 9.64 Å². The first-order valence-electron chi connectivity index (χ1n) is 10.4. The van der Waals surface area contributed by atoms with Crippen molar-refractivity contribution >= 4 is 62.9 Å². The lowest BCUT2D eigenvalue weighted by Gasteiger charge is -2.12. The summed E-state index contributed by atoms with van der Waals surface area (Å²) in [5, 5.41) is 22.1. The van der Waals surface area contributed by atoms with E-state index in [0.29, 0.717) is 5.56 Å². The fraction of sp³-hybridized carbons (Fsp3) is 0.0833. The number of non-ortho nitro benzene ring substituents is 1. The predicted molar refractivity (Wildman–Crippen MR) is 143 cm³/mol. The average molecular weight is 633 g/mol. The molecule has 0 bridgehead atoms. The van der Waals surface area contributed by atoms with E-state index in [4.69, 9.17) is 9.47 Å². The summed E-state index contributed by atoms with van der Waals surface area (Å²) in [4.78, 5) is 47.7. The van der Waals surface area contributed by atoms with Crippen LogP contribution < -0.4 is 9.47 Å². The summed E-state index contributed by atoms with van der Waals surface area (Å²) in [5.74, 6) is -0.371. The zero-order chi connectivity index (χ0) is 26.7. The Morgan fingerprint density at radius 1 is 0.946 bits per heavy atom. The highest BCUT2D eigenvalue weighted by molar-refractivity contribution is 14.1. The number of rotatable bonds is 8. The van der Waals surface area contributed by atoms with E-state index < -0.39 is 32.4 Å². The van der Waals surface area contributed by atoms with E-state index in [2.05, 4.69) is 22.6 Å². The number of amides is 2. The van der Waals surface area contributed by atoms with E-state index in [1.807, 2.05) is 24.3 Å². The number of halogens is 1. The molecule has 0 aliphatic carbocycles. The summed E-state index contributed by atoms with van der Waals surface area (Å²) in [6.07, 6.45) is 1.51. The van der Waals surface area contributed by atoms with Gasteiger partial charge >= 0.3 is 5.69 Å². The number of benzene rings is 3. The number of nitrogens with zero attached hydrogens (tertiary/aromatic N) is 3. The molecule has 188 valence electrons. The largest absolute Gasteiger partial charge is 0.493 e. The van der Waals surface area contributed by atoms with Crippen molar-refractivity contribution in [3.05, 3.63) is 100 Å². The number of nitro benzene ring substituents is 2. The molecule has 3 aromatic rings. The number of hydrogen-bond acceptors (Lipinski definition) is 9. The van der Waals surface area contributed by atoms with E-state index in [1.165, 1.54) is 25.3 Å². The van der Waals surface area contributed by atoms with E-state index in [0.717, 1.165) is 44.0 Å². The monoisotopic (exact) mass is 633 g/mol. The average Bonchev–Trinajstić information content (AvgIpc) is 3.12. The maximum atomic E-state index is 12.9. The van der Waals surface area contributed by atoms with E-state index in [1.54, 1.807) is 6.07 Å². The van der Waals surface area contributed by atoms with Crippen molar-refractivity contribution in [2.45, 2.75) is 6.54 Å². The van der Waals surface area contributed by atoms with Crippen molar-refractivity contribution in [2.75, 3.05) is 7.11 Å². The Kier molecular flexibility index (Phi) is 7.73. The lowest BCUT2D eigenvalue weighted by Crippen LogP contribution is -2.27. The highest BCUT2D eigenvalue weighted by Gasteiger charge is 2.35. The molecule has 0 aromatic heterocycles. The van der Waals surface area contributed by atoms with Crippen molar-refractivity contribution < 1.29 is 28.9 Å². The number of carbonyl (C=O) groups excluding carboxylic acids is 2. The first kappa shape index (κ1) is 26.1. The summed E-state index contributed by atoms with van der Waals surface area (Å²) in [7, 11) is 1.38. The number of nitro groups is 2. The van der Waals surface area contributed by atoms with Crippen LogP contribution in [0.15, 0.2) is 65.6 Å². The van der Waals surface area contributed by atoms with Crippen LogP contribution in [0, 0.1) is 23.8 Å². The van der Waals surface area contributed by atoms with Gasteiger partial charge in [0.15, 0.2) is 11.5 Å². The summed E-state index contributed by atoms with van der Waals surface area (Å²) >= 11 is 2.97. The Morgan fingerprint density at radius 2 is 1.65 bits per heavy atom. The molecule has 0 atom stereocenters. The van der Waals surface area contributed by atoms with Gasteiger partial charge in [-0.25, -0.2) is 0 Å². The van der Waals surface area contributed by atoms with Crippen LogP contribution in [0.4, 0.5) is 16.2 Å². The highest BCUT2D eigenvalue weighted by Crippen LogP contribution is 2.40. The molecule has 0 spiro atoms. The lowest BCUT2D eigenvalue weighted by molar-refractivity contribution is -0.394. The van der Waals surface area contributed by atoms with Crippen molar-refractivity contribution in [1.82, 2.24) is 4.90 Å². The van der Waals surface area contributed by atoms with Gasteiger partial charge in [0.2, 0.25) is 5.75 Å². The van der Waals surface area contributed by atoms with Gasteiger partial charge in [-0.05, 0) is 81.9 Å². The summed E-state index contributed by atoms with van der Waals surface area (Å²) in [6.45, 7) is 0.139. The Balaban J connectivity index is 1.61. The molecule has 0 saturated carbocycles. The Bertz CT molecular complexity index is 1460. The van der Waals surface area contributed by atoms with Crippen LogP contribution in [0.5, 0.6) is 17.2 Å². The molecule has 1 heterocycles. The molecule has 0 N–H and O–H groups in total. The molecule has 37 heavy (non-hydrogen) atoms. The normalized spacial score (nSPS) is 14.2. The number of ether oxygens (including phenoxy) is 2. The van der Waals surface area contributed by atoms with Gasteiger partial charge in [-0.3, -0.25) is 34.7 Å². The zero-order valence-electron chi connectivity index (χ0n) is 19.0. The second-order valence-corrected chi connectivity index (χ2v) is 9.81. The quantitative estimate of drug-likeness (QED) is 0.124. The van der Waals surface area contributed by atoms with Gasteiger partial charge < -0.3 is 9.47 Å². The molecular formula is C24H16IN3O8S. The minimum absolute atomic E-state index is 0.0753. The molecule has 4 rings (SSSR count). The highest BCUT2D eigenvalue weighted by atomic mass is 127. The summed E-state index contributed by atoms with van der Waals surface area (Å²) < 4.78 is 12.0. The molecule has 2 amide bonds. The van der Waals surface area contributed by atoms with Crippen molar-refractivity contribution in [2.24, 2.45) is 0 Å². The van der Waals surface area contributed by atoms with Gasteiger partial charge in [0.25, 0.3) is 16.8 Å². The molecule has 3 aromatic carbocycles. The molecule has 11 nitrogen and oxygen atoms in total. The zero-order valence-corrected chi connectivity index (χ0v) is 21.9. The van der Waals surface area contributed by atoms with E-state index >= 15 is 0 Å². The third-order valence-corrected chi connectivity index (χ3v) is 6.81. The predicted octanol–water partition coefficient (Wildman–Crippen LogP) is 6.15. The van der Waals surface area contributed by atoms with Crippen molar-refractivity contribution in [3.8, 4) is 17.2 Å². The lowest BCUT2D eigenvalue weighted by atomic mass is 10.1. The van der Waals surface area contributed by atoms with Gasteiger partial charge in [0.05, 0.1) is 34.5 Å². The summed E-state index contributed by atoms with van der Waals surface area (Å²) in [6, 6.07) is 15.1. The Morgan fingerprint density at radius 3 is 2.30 bits per heavy atom. The second-order valence-electron chi connectivity index (χ2n) is 7.57. The first-order chi connectivity index (χ1) is 17.7. The number of hydrogen-bond donors (Lipinski definition) is 0. The second kappa shape index (κ2) is 11.0. The molecule has 1 fully saturated rings. The minimum atomic E-state index is -0.789. The van der Waals surface area contributed by atoms with Gasteiger partial charge in [-0.2, -0.15) is 0 Å². The van der Waals surface area contributed by atoms with Gasteiger partial charge in [-0.1, -0.05) is 18.2 Å². The van der Waals surface area contributed by atoms with Gasteiger partial charge in [0.1, 0.15) is 0 Å². The topological polar surface area (TPSA) is 142 Å². The minimum Gasteiger partial charge on any atom is -0.493 e. The smallest absolute Gasteiger partial charge is 0.318 e. The third kappa shape index (κ3) is 5.89. The third-order valence-electron chi connectivity index (χ3n) is 5.18. The van der Waals surface area contributed by atoms with Crippen LogP contribution >= 0.6 is 34.4 Å². The van der Waals surface area contributed by atoms with E-state index in [9.17, 15) is 29.8 Å². The number of thioether (sulfide) groups is 1. The number of carbonyl (C=O) groups is 2. The van der Waals surface area contributed by atoms with Crippen LogP contribution in [-0.4, -0.2) is 33.0 Å². The van der Waals surface area contributed by atoms with Crippen LogP contribution in [0.2, 0.25) is 0 Å². The Hall–Kier alpha value is -3.98. The molecule has 1 saturated heterocycles. The fourth-order valence-electron chi connectivity index (χ4n) is 3.39. The molecule has 1 aliphatic heterocycles. The Labute approximate surface area is 227 Å². The maximum Gasteiger partial charge on any atom is 0.318 e. The van der Waals surface area contributed by atoms with Gasteiger partial charge in [-0.15, -0.1) is 0 Å². The molecule has 0 unspecified atom stereocenters. The molecular weight excluding hydrogens is 617 g/mol. The first-order valence-corrected chi connectivity index (χ1v) is 12.3. The van der Waals surface area contributed by atoms with Crippen molar-refractivity contribution in [3.63, 3.8) is 0 Å². The maximum absolute atomic E-state index is 12.9. The van der Waals surface area contributed by atoms with Crippen LogP contribution in [0.1, 0.15) is 11.1 Å². The molecule has 0 radical (unpaired) electrons. The SMILES string of the molecule is COc1ccc(/C=C2\SC(=O)N(Cc3ccc(I)cc3)C2=O)cc1Oc1ccc([N+](=O)[O-])cc1[N+](=O)[O-].